The molecule has 1 N–H and O–H groups in total. The largest absolute Gasteiger partial charge is 0.322 e. The summed E-state index contributed by atoms with van der Waals surface area (Å²) >= 11 is 11.5. The maximum atomic E-state index is 13.6. The van der Waals surface area contributed by atoms with Crippen LogP contribution in [0.3, 0.4) is 0 Å². The van der Waals surface area contributed by atoms with Crippen LogP contribution in [0.4, 0.5) is 10.1 Å². The summed E-state index contributed by atoms with van der Waals surface area (Å²) in [6, 6.07) is 8.05. The highest BCUT2D eigenvalue weighted by atomic mass is 35.5. The Hall–Kier alpha value is -1.63. The van der Waals surface area contributed by atoms with E-state index in [9.17, 15) is 17.6 Å². The predicted molar refractivity (Wildman–Crippen MR) is 100 cm³/mol. The Labute approximate surface area is 161 Å². The molecule has 0 aliphatic heterocycles. The highest BCUT2D eigenvalue weighted by Crippen LogP contribution is 2.30. The lowest BCUT2D eigenvalue weighted by Gasteiger charge is -2.12. The molecule has 1 saturated carbocycles. The molecule has 4 nitrogen and oxygen atoms in total. The maximum absolute atomic E-state index is 13.6. The number of anilines is 1. The molecule has 1 fully saturated rings. The topological polar surface area (TPSA) is 63.2 Å². The first-order chi connectivity index (χ1) is 12.3. The van der Waals surface area contributed by atoms with Gasteiger partial charge in [0.25, 0.3) is 5.91 Å². The Morgan fingerprint density at radius 1 is 1.04 bits per heavy atom. The van der Waals surface area contributed by atoms with Crippen LogP contribution < -0.4 is 5.32 Å². The van der Waals surface area contributed by atoms with Crippen molar-refractivity contribution in [3.05, 3.63) is 57.8 Å². The number of benzene rings is 2. The number of hydrogen-bond acceptors (Lipinski definition) is 3. The van der Waals surface area contributed by atoms with Gasteiger partial charge < -0.3 is 5.32 Å². The van der Waals surface area contributed by atoms with Crippen molar-refractivity contribution in [3.63, 3.8) is 0 Å². The number of hydrogen-bond donors (Lipinski definition) is 1. The number of carbonyl (C=O) groups excluding carboxylic acids is 1. The summed E-state index contributed by atoms with van der Waals surface area (Å²) in [5.41, 5.74) is 0.322. The first-order valence-electron chi connectivity index (χ1n) is 8.09. The van der Waals surface area contributed by atoms with Crippen molar-refractivity contribution in [2.75, 3.05) is 5.32 Å². The van der Waals surface area contributed by atoms with Crippen LogP contribution in [0.25, 0.3) is 0 Å². The molecule has 1 aliphatic carbocycles. The fraction of sp³-hybridized carbons (Fsp3) is 0.278. The van der Waals surface area contributed by atoms with E-state index in [0.717, 1.165) is 25.0 Å². The van der Waals surface area contributed by atoms with E-state index < -0.39 is 21.6 Å². The Bertz CT molecular complexity index is 940. The minimum absolute atomic E-state index is 0.0225. The molecule has 2 aromatic rings. The Kier molecular flexibility index (Phi) is 5.55. The summed E-state index contributed by atoms with van der Waals surface area (Å²) in [7, 11) is -3.35. The van der Waals surface area contributed by atoms with Crippen LogP contribution in [0.1, 0.15) is 36.0 Å². The second kappa shape index (κ2) is 7.55. The van der Waals surface area contributed by atoms with E-state index in [4.69, 9.17) is 23.2 Å². The van der Waals surface area contributed by atoms with Crippen molar-refractivity contribution >= 4 is 44.6 Å². The van der Waals surface area contributed by atoms with Gasteiger partial charge >= 0.3 is 0 Å². The molecule has 2 aromatic carbocycles. The van der Waals surface area contributed by atoms with Gasteiger partial charge in [0.1, 0.15) is 5.82 Å². The van der Waals surface area contributed by atoms with Gasteiger partial charge in [0.15, 0.2) is 9.84 Å². The zero-order chi connectivity index (χ0) is 18.9. The molecule has 0 heterocycles. The summed E-state index contributed by atoms with van der Waals surface area (Å²) in [5.74, 6) is -1.36. The highest BCUT2D eigenvalue weighted by Gasteiger charge is 2.30. The third kappa shape index (κ3) is 3.87. The molecule has 0 bridgehead atoms. The van der Waals surface area contributed by atoms with Crippen LogP contribution in [0.15, 0.2) is 41.3 Å². The molecule has 3 rings (SSSR count). The van der Waals surface area contributed by atoms with E-state index >= 15 is 0 Å². The molecule has 0 aromatic heterocycles. The summed E-state index contributed by atoms with van der Waals surface area (Å²) < 4.78 is 38.6. The molecular formula is C18H16Cl2FNO3S. The minimum Gasteiger partial charge on any atom is -0.322 e. The van der Waals surface area contributed by atoms with Gasteiger partial charge in [-0.25, -0.2) is 12.8 Å². The van der Waals surface area contributed by atoms with Crippen molar-refractivity contribution in [2.45, 2.75) is 35.8 Å². The van der Waals surface area contributed by atoms with E-state index in [1.54, 1.807) is 0 Å². The molecule has 138 valence electrons. The third-order valence-corrected chi connectivity index (χ3v) is 7.32. The monoisotopic (exact) mass is 415 g/mol. The molecule has 0 unspecified atom stereocenters. The van der Waals surface area contributed by atoms with Crippen molar-refractivity contribution in [1.29, 1.82) is 0 Å². The molecule has 0 spiro atoms. The first-order valence-corrected chi connectivity index (χ1v) is 10.4. The van der Waals surface area contributed by atoms with Gasteiger partial charge in [0.2, 0.25) is 0 Å². The van der Waals surface area contributed by atoms with Gasteiger partial charge in [-0.3, -0.25) is 4.79 Å². The third-order valence-electron chi connectivity index (χ3n) is 4.44. The quantitative estimate of drug-likeness (QED) is 0.706. The first kappa shape index (κ1) is 19.1. The van der Waals surface area contributed by atoms with Crippen LogP contribution in [0.5, 0.6) is 0 Å². The smallest absolute Gasteiger partial charge is 0.257 e. The lowest BCUT2D eigenvalue weighted by atomic mass is 10.2. The Balaban J connectivity index is 1.77. The summed E-state index contributed by atoms with van der Waals surface area (Å²) in [6.07, 6.45) is 3.22. The summed E-state index contributed by atoms with van der Waals surface area (Å²) in [5, 5.41) is 2.08. The predicted octanol–water partition coefficient (Wildman–Crippen LogP) is 5.10. The van der Waals surface area contributed by atoms with E-state index in [1.807, 2.05) is 0 Å². The van der Waals surface area contributed by atoms with Crippen LogP contribution in [-0.4, -0.2) is 19.6 Å². The van der Waals surface area contributed by atoms with Crippen molar-refractivity contribution in [2.24, 2.45) is 0 Å². The van der Waals surface area contributed by atoms with Gasteiger partial charge in [-0.1, -0.05) is 36.0 Å². The Morgan fingerprint density at radius 2 is 1.65 bits per heavy atom. The molecular weight excluding hydrogens is 400 g/mol. The highest BCUT2D eigenvalue weighted by molar-refractivity contribution is 7.92. The molecule has 0 atom stereocenters. The lowest BCUT2D eigenvalue weighted by Crippen LogP contribution is -2.18. The van der Waals surface area contributed by atoms with Crippen LogP contribution >= 0.6 is 23.2 Å². The number of rotatable bonds is 4. The SMILES string of the molecule is O=C(Nc1ccc(S(=O)(=O)C2CCCC2)cc1)c1cc(F)c(Cl)cc1Cl. The van der Waals surface area contributed by atoms with Crippen LogP contribution in [0.2, 0.25) is 10.0 Å². The van der Waals surface area contributed by atoms with E-state index in [2.05, 4.69) is 5.32 Å². The summed E-state index contributed by atoms with van der Waals surface area (Å²) in [6.45, 7) is 0. The molecule has 0 saturated heterocycles. The van der Waals surface area contributed by atoms with Gasteiger partial charge in [-0.15, -0.1) is 0 Å². The number of amides is 1. The number of halogens is 3. The van der Waals surface area contributed by atoms with E-state index in [-0.39, 0.29) is 25.8 Å². The molecule has 8 heteroatoms. The molecule has 0 radical (unpaired) electrons. The van der Waals surface area contributed by atoms with Crippen LogP contribution in [-0.2, 0) is 9.84 Å². The van der Waals surface area contributed by atoms with E-state index in [1.165, 1.54) is 24.3 Å². The van der Waals surface area contributed by atoms with Crippen molar-refractivity contribution in [1.82, 2.24) is 0 Å². The standard InChI is InChI=1S/C18H16Cl2FNO3S/c19-15-10-16(20)17(21)9-14(15)18(23)22-11-5-7-13(8-6-11)26(24,25)12-3-1-2-4-12/h5-10,12H,1-4H2,(H,22,23). The lowest BCUT2D eigenvalue weighted by molar-refractivity contribution is 0.102. The number of carbonyl (C=O) groups is 1. The van der Waals surface area contributed by atoms with Crippen molar-refractivity contribution < 1.29 is 17.6 Å². The van der Waals surface area contributed by atoms with Crippen LogP contribution in [0, 0.1) is 5.82 Å². The van der Waals surface area contributed by atoms with Gasteiger partial charge in [-0.05, 0) is 49.2 Å². The fourth-order valence-corrected chi connectivity index (χ4v) is 5.34. The normalized spacial score (nSPS) is 15.2. The van der Waals surface area contributed by atoms with Crippen molar-refractivity contribution in [3.8, 4) is 0 Å². The van der Waals surface area contributed by atoms with Gasteiger partial charge in [0, 0.05) is 5.69 Å². The second-order valence-corrected chi connectivity index (χ2v) is 9.22. The van der Waals surface area contributed by atoms with Gasteiger partial charge in [0.05, 0.1) is 25.8 Å². The number of nitrogens with one attached hydrogen (secondary N) is 1. The molecule has 26 heavy (non-hydrogen) atoms. The molecule has 1 amide bonds. The zero-order valence-corrected chi connectivity index (χ0v) is 16.0. The maximum Gasteiger partial charge on any atom is 0.257 e. The second-order valence-electron chi connectivity index (χ2n) is 6.18. The average Bonchev–Trinajstić information content (AvgIpc) is 3.14. The fourth-order valence-electron chi connectivity index (χ4n) is 3.01. The zero-order valence-electron chi connectivity index (χ0n) is 13.6. The Morgan fingerprint density at radius 3 is 2.27 bits per heavy atom. The number of sulfone groups is 1. The summed E-state index contributed by atoms with van der Waals surface area (Å²) in [4.78, 5) is 12.5. The minimum atomic E-state index is -3.35. The van der Waals surface area contributed by atoms with E-state index in [0.29, 0.717) is 18.5 Å². The molecule has 1 aliphatic rings. The van der Waals surface area contributed by atoms with Gasteiger partial charge in [-0.2, -0.15) is 0 Å². The average molecular weight is 416 g/mol.